The molecule has 0 unspecified atom stereocenters. The van der Waals surface area contributed by atoms with E-state index in [9.17, 15) is 9.59 Å². The number of hydrogen-bond acceptors (Lipinski definition) is 4. The molecule has 3 heterocycles. The Labute approximate surface area is 142 Å². The fraction of sp³-hybridized carbons (Fsp3) is 0.556. The Balaban J connectivity index is 1.70. The van der Waals surface area contributed by atoms with Crippen LogP contribution in [0.25, 0.3) is 0 Å². The van der Waals surface area contributed by atoms with Gasteiger partial charge in [0.2, 0.25) is 5.91 Å². The van der Waals surface area contributed by atoms with Gasteiger partial charge in [0, 0.05) is 37.8 Å². The van der Waals surface area contributed by atoms with Crippen molar-refractivity contribution >= 4 is 11.8 Å². The summed E-state index contributed by atoms with van der Waals surface area (Å²) < 4.78 is 0. The molecule has 0 bridgehead atoms. The molecule has 0 aromatic carbocycles. The molecule has 3 rings (SSSR count). The Morgan fingerprint density at radius 3 is 2.67 bits per heavy atom. The zero-order valence-corrected chi connectivity index (χ0v) is 14.2. The minimum atomic E-state index is -0.112. The highest BCUT2D eigenvalue weighted by Gasteiger charge is 2.44. The molecular formula is C18H24N4O2. The summed E-state index contributed by atoms with van der Waals surface area (Å²) in [6.45, 7) is 7.52. The first-order valence-electron chi connectivity index (χ1n) is 8.55. The van der Waals surface area contributed by atoms with E-state index >= 15 is 0 Å². The number of piperidine rings is 2. The number of nitrogens with zero attached hydrogens (tertiary/aromatic N) is 4. The van der Waals surface area contributed by atoms with Gasteiger partial charge in [0.05, 0.1) is 11.9 Å². The van der Waals surface area contributed by atoms with E-state index in [0.717, 1.165) is 31.4 Å². The van der Waals surface area contributed by atoms with Crippen molar-refractivity contribution in [2.75, 3.05) is 19.6 Å². The van der Waals surface area contributed by atoms with Crippen molar-refractivity contribution < 1.29 is 9.59 Å². The molecule has 0 radical (unpaired) electrons. The van der Waals surface area contributed by atoms with Gasteiger partial charge >= 0.3 is 0 Å². The second kappa shape index (κ2) is 6.71. The van der Waals surface area contributed by atoms with Crippen LogP contribution in [0.4, 0.5) is 0 Å². The zero-order valence-electron chi connectivity index (χ0n) is 14.2. The Bertz CT molecular complexity index is 633. The Hall–Kier alpha value is -2.24. The predicted molar refractivity (Wildman–Crippen MR) is 90.4 cm³/mol. The molecule has 6 nitrogen and oxygen atoms in total. The van der Waals surface area contributed by atoms with Crippen LogP contribution in [-0.2, 0) is 4.79 Å². The first-order valence-corrected chi connectivity index (χ1v) is 8.55. The summed E-state index contributed by atoms with van der Waals surface area (Å²) in [6.07, 6.45) is 9.15. The van der Waals surface area contributed by atoms with Gasteiger partial charge in [-0.05, 0) is 32.6 Å². The normalized spacial score (nSPS) is 20.3. The molecule has 128 valence electrons. The van der Waals surface area contributed by atoms with Gasteiger partial charge in [0.15, 0.2) is 0 Å². The number of likely N-dealkylation sites (tertiary alicyclic amines) is 2. The summed E-state index contributed by atoms with van der Waals surface area (Å²) in [5.41, 5.74) is 1.07. The van der Waals surface area contributed by atoms with Crippen LogP contribution < -0.4 is 0 Å². The van der Waals surface area contributed by atoms with Gasteiger partial charge in [-0.3, -0.25) is 14.6 Å². The molecular weight excluding hydrogens is 304 g/mol. The molecule has 0 N–H and O–H groups in total. The number of rotatable bonds is 3. The summed E-state index contributed by atoms with van der Waals surface area (Å²) in [5.74, 6) is 0.139. The van der Waals surface area contributed by atoms with E-state index in [1.807, 2.05) is 16.7 Å². The monoisotopic (exact) mass is 328 g/mol. The number of amides is 2. The lowest BCUT2D eigenvalue weighted by Crippen LogP contribution is -2.60. The lowest BCUT2D eigenvalue weighted by molar-refractivity contribution is -0.143. The van der Waals surface area contributed by atoms with E-state index in [4.69, 9.17) is 0 Å². The van der Waals surface area contributed by atoms with Crippen molar-refractivity contribution in [3.8, 4) is 0 Å². The Morgan fingerprint density at radius 2 is 2.04 bits per heavy atom. The summed E-state index contributed by atoms with van der Waals surface area (Å²) in [4.78, 5) is 37.0. The molecule has 1 aromatic rings. The maximum Gasteiger partial charge on any atom is 0.274 e. The van der Waals surface area contributed by atoms with Crippen LogP contribution in [0.1, 0.15) is 48.3 Å². The van der Waals surface area contributed by atoms with E-state index in [1.165, 1.54) is 6.20 Å². The molecule has 2 aliphatic heterocycles. The molecule has 0 saturated carbocycles. The topological polar surface area (TPSA) is 66.4 Å². The largest absolute Gasteiger partial charge is 0.337 e. The van der Waals surface area contributed by atoms with E-state index in [0.29, 0.717) is 31.7 Å². The van der Waals surface area contributed by atoms with Crippen LogP contribution in [-0.4, -0.2) is 56.8 Å². The first kappa shape index (κ1) is 16.6. The standard InChI is InChI=1S/C18H24N4O2/c1-3-9-22-16(23)5-4-6-18(22)7-10-21(11-8-18)17(24)15-13-19-14(2)12-20-15/h3,12-13H,1,4-11H2,2H3. The fourth-order valence-corrected chi connectivity index (χ4v) is 3.84. The summed E-state index contributed by atoms with van der Waals surface area (Å²) in [5, 5.41) is 0. The van der Waals surface area contributed by atoms with Gasteiger partial charge in [-0.25, -0.2) is 4.98 Å². The number of carbonyl (C=O) groups excluding carboxylic acids is 2. The third-order valence-electron chi connectivity index (χ3n) is 5.20. The second-order valence-corrected chi connectivity index (χ2v) is 6.71. The highest BCUT2D eigenvalue weighted by molar-refractivity contribution is 5.92. The van der Waals surface area contributed by atoms with Crippen LogP contribution in [0, 0.1) is 6.92 Å². The molecule has 2 fully saturated rings. The number of carbonyl (C=O) groups is 2. The van der Waals surface area contributed by atoms with Crippen molar-refractivity contribution in [2.45, 2.75) is 44.6 Å². The fourth-order valence-electron chi connectivity index (χ4n) is 3.84. The van der Waals surface area contributed by atoms with Crippen LogP contribution in [0.5, 0.6) is 0 Å². The highest BCUT2D eigenvalue weighted by Crippen LogP contribution is 2.38. The van der Waals surface area contributed by atoms with Crippen molar-refractivity contribution in [3.05, 3.63) is 36.4 Å². The van der Waals surface area contributed by atoms with Gasteiger partial charge in [0.25, 0.3) is 5.91 Å². The van der Waals surface area contributed by atoms with E-state index in [1.54, 1.807) is 12.3 Å². The zero-order chi connectivity index (χ0) is 17.2. The Kier molecular flexibility index (Phi) is 4.64. The van der Waals surface area contributed by atoms with Crippen molar-refractivity contribution in [3.63, 3.8) is 0 Å². The quantitative estimate of drug-likeness (QED) is 0.796. The smallest absolute Gasteiger partial charge is 0.274 e. The summed E-state index contributed by atoms with van der Waals surface area (Å²) in [6, 6.07) is 0. The van der Waals surface area contributed by atoms with Crippen LogP contribution in [0.3, 0.4) is 0 Å². The minimum absolute atomic E-state index is 0.0743. The summed E-state index contributed by atoms with van der Waals surface area (Å²) in [7, 11) is 0. The average molecular weight is 328 g/mol. The molecule has 6 heteroatoms. The molecule has 0 aliphatic carbocycles. The first-order chi connectivity index (χ1) is 11.6. The lowest BCUT2D eigenvalue weighted by atomic mass is 9.78. The molecule has 2 amide bonds. The van der Waals surface area contributed by atoms with Gasteiger partial charge in [-0.15, -0.1) is 6.58 Å². The number of aryl methyl sites for hydroxylation is 1. The SMILES string of the molecule is C=CCN1C(=O)CCCC12CCN(C(=O)c1cnc(C)cn1)CC2. The maximum atomic E-state index is 12.6. The third-order valence-corrected chi connectivity index (χ3v) is 5.20. The lowest BCUT2D eigenvalue weighted by Gasteiger charge is -2.51. The average Bonchev–Trinajstić information content (AvgIpc) is 2.59. The van der Waals surface area contributed by atoms with Crippen LogP contribution in [0.2, 0.25) is 0 Å². The van der Waals surface area contributed by atoms with Crippen molar-refractivity contribution in [2.24, 2.45) is 0 Å². The molecule has 1 spiro atoms. The Morgan fingerprint density at radius 1 is 1.29 bits per heavy atom. The molecule has 24 heavy (non-hydrogen) atoms. The molecule has 2 aliphatic rings. The van der Waals surface area contributed by atoms with Crippen molar-refractivity contribution in [1.82, 2.24) is 19.8 Å². The molecule has 0 atom stereocenters. The van der Waals surface area contributed by atoms with Gasteiger partial charge < -0.3 is 9.80 Å². The minimum Gasteiger partial charge on any atom is -0.337 e. The summed E-state index contributed by atoms with van der Waals surface area (Å²) >= 11 is 0. The van der Waals surface area contributed by atoms with Crippen LogP contribution >= 0.6 is 0 Å². The van der Waals surface area contributed by atoms with E-state index < -0.39 is 0 Å². The maximum absolute atomic E-state index is 12.6. The van der Waals surface area contributed by atoms with Crippen molar-refractivity contribution in [1.29, 1.82) is 0 Å². The third kappa shape index (κ3) is 3.05. The van der Waals surface area contributed by atoms with Gasteiger partial charge in [0.1, 0.15) is 5.69 Å². The predicted octanol–water partition coefficient (Wildman–Crippen LogP) is 1.96. The highest BCUT2D eigenvalue weighted by atomic mass is 16.2. The molecule has 2 saturated heterocycles. The van der Waals surface area contributed by atoms with E-state index in [-0.39, 0.29) is 17.4 Å². The number of aromatic nitrogens is 2. The van der Waals surface area contributed by atoms with Crippen LogP contribution in [0.15, 0.2) is 25.0 Å². The molecule has 1 aromatic heterocycles. The van der Waals surface area contributed by atoms with E-state index in [2.05, 4.69) is 16.5 Å². The number of hydrogen-bond donors (Lipinski definition) is 0. The van der Waals surface area contributed by atoms with Gasteiger partial charge in [-0.2, -0.15) is 0 Å². The van der Waals surface area contributed by atoms with Gasteiger partial charge in [-0.1, -0.05) is 6.08 Å². The second-order valence-electron chi connectivity index (χ2n) is 6.71.